The average molecular weight is 253 g/mol. The molecule has 0 aromatic heterocycles. The molecule has 1 unspecified atom stereocenters. The second kappa shape index (κ2) is 4.94. The highest BCUT2D eigenvalue weighted by molar-refractivity contribution is 5.94. The summed E-state index contributed by atoms with van der Waals surface area (Å²) in [6.07, 6.45) is 1.85. The van der Waals surface area contributed by atoms with E-state index in [0.29, 0.717) is 13.2 Å². The number of hydrogen-bond acceptors (Lipinski definition) is 3. The second-order valence-corrected chi connectivity index (χ2v) is 4.75. The third-order valence-electron chi connectivity index (χ3n) is 3.12. The van der Waals surface area contributed by atoms with Crippen molar-refractivity contribution in [1.29, 1.82) is 0 Å². The number of nitrogens with one attached hydrogen (secondary N) is 1. The smallest absolute Gasteiger partial charge is 0.254 e. The molecular formula is C13H16FNO3. The fourth-order valence-corrected chi connectivity index (χ4v) is 2.03. The number of phenolic OH excluding ortho intramolecular Hbond substituents is 1. The number of phenols is 1. The third kappa shape index (κ3) is 2.79. The molecule has 0 aliphatic carbocycles. The number of benzene rings is 1. The van der Waals surface area contributed by atoms with E-state index in [4.69, 9.17) is 9.84 Å². The summed E-state index contributed by atoms with van der Waals surface area (Å²) in [6, 6.07) is 3.46. The topological polar surface area (TPSA) is 58.6 Å². The SMILES string of the molecule is CC1(CNC(=O)c2ccc(O)cc2F)CCCO1. The van der Waals surface area contributed by atoms with Gasteiger partial charge < -0.3 is 15.2 Å². The summed E-state index contributed by atoms with van der Waals surface area (Å²) < 4.78 is 19.0. The van der Waals surface area contributed by atoms with Crippen LogP contribution >= 0.6 is 0 Å². The van der Waals surface area contributed by atoms with E-state index in [0.717, 1.165) is 18.9 Å². The van der Waals surface area contributed by atoms with Crippen molar-refractivity contribution in [2.75, 3.05) is 13.2 Å². The van der Waals surface area contributed by atoms with Gasteiger partial charge in [-0.15, -0.1) is 0 Å². The van der Waals surface area contributed by atoms with Crippen LogP contribution in [0.25, 0.3) is 0 Å². The van der Waals surface area contributed by atoms with Gasteiger partial charge >= 0.3 is 0 Å². The first-order valence-corrected chi connectivity index (χ1v) is 5.91. The van der Waals surface area contributed by atoms with E-state index in [-0.39, 0.29) is 16.9 Å². The molecule has 98 valence electrons. The third-order valence-corrected chi connectivity index (χ3v) is 3.12. The number of carbonyl (C=O) groups is 1. The molecule has 0 saturated carbocycles. The molecular weight excluding hydrogens is 237 g/mol. The zero-order valence-corrected chi connectivity index (χ0v) is 10.2. The minimum atomic E-state index is -0.731. The molecule has 4 nitrogen and oxygen atoms in total. The van der Waals surface area contributed by atoms with Crippen LogP contribution in [0.5, 0.6) is 5.75 Å². The molecule has 1 aromatic carbocycles. The quantitative estimate of drug-likeness (QED) is 0.864. The minimum absolute atomic E-state index is 0.0746. The summed E-state index contributed by atoms with van der Waals surface area (Å²) in [5.74, 6) is -1.43. The lowest BCUT2D eigenvalue weighted by atomic mass is 10.0. The Morgan fingerprint density at radius 2 is 2.39 bits per heavy atom. The first-order valence-electron chi connectivity index (χ1n) is 5.91. The first kappa shape index (κ1) is 12.8. The number of aromatic hydroxyl groups is 1. The van der Waals surface area contributed by atoms with E-state index < -0.39 is 11.7 Å². The lowest BCUT2D eigenvalue weighted by molar-refractivity contribution is 0.0205. The Morgan fingerprint density at radius 3 is 3.00 bits per heavy atom. The number of amides is 1. The van der Waals surface area contributed by atoms with E-state index in [2.05, 4.69) is 5.32 Å². The standard InChI is InChI=1S/C13H16FNO3/c1-13(5-2-6-18-13)8-15-12(17)10-4-3-9(16)7-11(10)14/h3-4,7,16H,2,5-6,8H2,1H3,(H,15,17). The van der Waals surface area contributed by atoms with Crippen LogP contribution in [0.4, 0.5) is 4.39 Å². The van der Waals surface area contributed by atoms with Crippen molar-refractivity contribution in [3.63, 3.8) is 0 Å². The average Bonchev–Trinajstić information content (AvgIpc) is 2.74. The summed E-state index contributed by atoms with van der Waals surface area (Å²) in [7, 11) is 0. The van der Waals surface area contributed by atoms with Gasteiger partial charge in [0, 0.05) is 19.2 Å². The Labute approximate surface area is 105 Å². The fourth-order valence-electron chi connectivity index (χ4n) is 2.03. The van der Waals surface area contributed by atoms with Gasteiger partial charge in [-0.1, -0.05) is 0 Å². The van der Waals surface area contributed by atoms with E-state index >= 15 is 0 Å². The van der Waals surface area contributed by atoms with Crippen molar-refractivity contribution in [2.45, 2.75) is 25.4 Å². The molecule has 1 amide bonds. The molecule has 1 aliphatic heterocycles. The van der Waals surface area contributed by atoms with Crippen LogP contribution in [-0.4, -0.2) is 29.8 Å². The summed E-state index contributed by atoms with van der Waals surface area (Å²) in [5, 5.41) is 11.7. The van der Waals surface area contributed by atoms with Gasteiger partial charge in [-0.05, 0) is 31.9 Å². The Kier molecular flexibility index (Phi) is 3.52. The fraction of sp³-hybridized carbons (Fsp3) is 0.462. The molecule has 1 saturated heterocycles. The van der Waals surface area contributed by atoms with Crippen LogP contribution in [0.1, 0.15) is 30.1 Å². The normalized spacial score (nSPS) is 23.0. The van der Waals surface area contributed by atoms with Crippen LogP contribution < -0.4 is 5.32 Å². The summed E-state index contributed by atoms with van der Waals surface area (Å²) in [5.41, 5.74) is -0.433. The van der Waals surface area contributed by atoms with Gasteiger partial charge in [-0.2, -0.15) is 0 Å². The molecule has 0 bridgehead atoms. The van der Waals surface area contributed by atoms with Crippen LogP contribution in [0, 0.1) is 5.82 Å². The van der Waals surface area contributed by atoms with Crippen molar-refractivity contribution in [1.82, 2.24) is 5.32 Å². The van der Waals surface area contributed by atoms with Gasteiger partial charge in [-0.3, -0.25) is 4.79 Å². The molecule has 2 N–H and O–H groups in total. The maximum absolute atomic E-state index is 13.4. The van der Waals surface area contributed by atoms with E-state index in [1.54, 1.807) is 0 Å². The van der Waals surface area contributed by atoms with Crippen molar-refractivity contribution >= 4 is 5.91 Å². The van der Waals surface area contributed by atoms with E-state index in [1.807, 2.05) is 6.92 Å². The highest BCUT2D eigenvalue weighted by Gasteiger charge is 2.30. The molecule has 18 heavy (non-hydrogen) atoms. The van der Waals surface area contributed by atoms with Gasteiger partial charge in [0.05, 0.1) is 11.2 Å². The van der Waals surface area contributed by atoms with Gasteiger partial charge in [0.1, 0.15) is 11.6 Å². The largest absolute Gasteiger partial charge is 0.508 e. The molecule has 1 fully saturated rings. The number of rotatable bonds is 3. The van der Waals surface area contributed by atoms with Gasteiger partial charge in [0.25, 0.3) is 5.91 Å². The Morgan fingerprint density at radius 1 is 1.61 bits per heavy atom. The number of hydrogen-bond donors (Lipinski definition) is 2. The predicted octanol–water partition coefficient (Wildman–Crippen LogP) is 1.83. The van der Waals surface area contributed by atoms with Crippen LogP contribution in [0.2, 0.25) is 0 Å². The van der Waals surface area contributed by atoms with Crippen LogP contribution in [0.3, 0.4) is 0 Å². The van der Waals surface area contributed by atoms with Gasteiger partial charge in [0.2, 0.25) is 0 Å². The monoisotopic (exact) mass is 253 g/mol. The molecule has 0 radical (unpaired) electrons. The van der Waals surface area contributed by atoms with E-state index in [9.17, 15) is 9.18 Å². The maximum atomic E-state index is 13.4. The predicted molar refractivity (Wildman–Crippen MR) is 64.0 cm³/mol. The number of carbonyl (C=O) groups excluding carboxylic acids is 1. The van der Waals surface area contributed by atoms with Crippen LogP contribution in [-0.2, 0) is 4.74 Å². The number of halogens is 1. The zero-order chi connectivity index (χ0) is 13.2. The van der Waals surface area contributed by atoms with Crippen molar-refractivity contribution in [2.24, 2.45) is 0 Å². The summed E-state index contributed by atoms with van der Waals surface area (Å²) in [4.78, 5) is 11.8. The Balaban J connectivity index is 1.99. The van der Waals surface area contributed by atoms with E-state index in [1.165, 1.54) is 12.1 Å². The molecule has 1 atom stereocenters. The first-order chi connectivity index (χ1) is 8.50. The molecule has 5 heteroatoms. The molecule has 2 rings (SSSR count). The minimum Gasteiger partial charge on any atom is -0.508 e. The molecule has 1 aliphatic rings. The highest BCUT2D eigenvalue weighted by atomic mass is 19.1. The lowest BCUT2D eigenvalue weighted by Gasteiger charge is -2.23. The Bertz CT molecular complexity index is 456. The molecule has 1 aromatic rings. The van der Waals surface area contributed by atoms with Crippen molar-refractivity contribution < 1.29 is 19.0 Å². The maximum Gasteiger partial charge on any atom is 0.254 e. The summed E-state index contributed by atoms with van der Waals surface area (Å²) in [6.45, 7) is 2.97. The molecule has 1 heterocycles. The highest BCUT2D eigenvalue weighted by Crippen LogP contribution is 2.24. The van der Waals surface area contributed by atoms with Crippen molar-refractivity contribution in [3.05, 3.63) is 29.6 Å². The van der Waals surface area contributed by atoms with Crippen LogP contribution in [0.15, 0.2) is 18.2 Å². The van der Waals surface area contributed by atoms with Gasteiger partial charge in [-0.25, -0.2) is 4.39 Å². The summed E-state index contributed by atoms with van der Waals surface area (Å²) >= 11 is 0. The lowest BCUT2D eigenvalue weighted by Crippen LogP contribution is -2.40. The Hall–Kier alpha value is -1.62. The zero-order valence-electron chi connectivity index (χ0n) is 10.2. The molecule has 0 spiro atoms. The second-order valence-electron chi connectivity index (χ2n) is 4.75. The number of ether oxygens (including phenoxy) is 1. The van der Waals surface area contributed by atoms with Crippen molar-refractivity contribution in [3.8, 4) is 5.75 Å². The van der Waals surface area contributed by atoms with Gasteiger partial charge in [0.15, 0.2) is 0 Å².